The summed E-state index contributed by atoms with van der Waals surface area (Å²) in [5, 5.41) is 2.61. The molecule has 0 aliphatic carbocycles. The van der Waals surface area contributed by atoms with Crippen LogP contribution in [0.25, 0.3) is 0 Å². The number of aromatic nitrogens is 2. The summed E-state index contributed by atoms with van der Waals surface area (Å²) in [4.78, 5) is 35.8. The maximum atomic E-state index is 11.5. The maximum absolute atomic E-state index is 11.5. The first-order valence-electron chi connectivity index (χ1n) is 5.69. The van der Waals surface area contributed by atoms with Crippen LogP contribution in [0.3, 0.4) is 0 Å². The van der Waals surface area contributed by atoms with Crippen molar-refractivity contribution in [2.75, 3.05) is 20.8 Å². The zero-order chi connectivity index (χ0) is 14.3. The van der Waals surface area contributed by atoms with Gasteiger partial charge in [-0.2, -0.15) is 0 Å². The molecule has 1 amide bonds. The first-order chi connectivity index (χ1) is 9.06. The van der Waals surface area contributed by atoms with Gasteiger partial charge in [-0.15, -0.1) is 0 Å². The molecule has 2 N–H and O–H groups in total. The lowest BCUT2D eigenvalue weighted by Gasteiger charge is -2.14. The molecule has 1 aromatic rings. The second kappa shape index (κ2) is 7.49. The number of rotatable bonds is 7. The van der Waals surface area contributed by atoms with Gasteiger partial charge in [-0.05, 0) is 0 Å². The first kappa shape index (κ1) is 15.1. The Morgan fingerprint density at radius 1 is 1.42 bits per heavy atom. The molecule has 0 aromatic carbocycles. The van der Waals surface area contributed by atoms with Crippen molar-refractivity contribution in [1.82, 2.24) is 14.9 Å². The second-order valence-corrected chi connectivity index (χ2v) is 3.76. The monoisotopic (exact) mass is 271 g/mol. The predicted molar refractivity (Wildman–Crippen MR) is 66.8 cm³/mol. The van der Waals surface area contributed by atoms with Gasteiger partial charge in [0.1, 0.15) is 0 Å². The number of hydrogen-bond acceptors (Lipinski definition) is 5. The van der Waals surface area contributed by atoms with Crippen molar-refractivity contribution in [3.05, 3.63) is 33.1 Å². The summed E-state index contributed by atoms with van der Waals surface area (Å²) in [5.74, 6) is -0.239. The van der Waals surface area contributed by atoms with E-state index in [2.05, 4.69) is 10.3 Å². The molecule has 1 aromatic heterocycles. The predicted octanol–water partition coefficient (Wildman–Crippen LogP) is -1.34. The van der Waals surface area contributed by atoms with Crippen LogP contribution in [0.2, 0.25) is 0 Å². The Balaban J connectivity index is 2.42. The van der Waals surface area contributed by atoms with Gasteiger partial charge in [-0.1, -0.05) is 0 Å². The van der Waals surface area contributed by atoms with Gasteiger partial charge in [0.2, 0.25) is 5.91 Å². The SMILES string of the molecule is COC(CNC(=O)CCn1ccc(=O)[nH]c1=O)OC. The molecule has 0 spiro atoms. The lowest BCUT2D eigenvalue weighted by Crippen LogP contribution is -2.35. The number of nitrogens with zero attached hydrogens (tertiary/aromatic N) is 1. The lowest BCUT2D eigenvalue weighted by molar-refractivity contribution is -0.127. The highest BCUT2D eigenvalue weighted by molar-refractivity contribution is 5.75. The molecule has 0 bridgehead atoms. The van der Waals surface area contributed by atoms with Crippen molar-refractivity contribution in [2.24, 2.45) is 0 Å². The normalized spacial score (nSPS) is 10.7. The largest absolute Gasteiger partial charge is 0.354 e. The van der Waals surface area contributed by atoms with E-state index >= 15 is 0 Å². The Bertz CT molecular complexity index is 518. The summed E-state index contributed by atoms with van der Waals surface area (Å²) in [6.07, 6.45) is 0.966. The van der Waals surface area contributed by atoms with Crippen molar-refractivity contribution in [3.8, 4) is 0 Å². The zero-order valence-electron chi connectivity index (χ0n) is 10.8. The van der Waals surface area contributed by atoms with E-state index in [9.17, 15) is 14.4 Å². The van der Waals surface area contributed by atoms with Crippen LogP contribution in [-0.2, 0) is 20.8 Å². The number of carbonyl (C=O) groups is 1. The summed E-state index contributed by atoms with van der Waals surface area (Å²) < 4.78 is 11.1. The van der Waals surface area contributed by atoms with Gasteiger partial charge in [-0.25, -0.2) is 4.79 Å². The summed E-state index contributed by atoms with van der Waals surface area (Å²) in [6, 6.07) is 1.23. The molecule has 8 nitrogen and oxygen atoms in total. The van der Waals surface area contributed by atoms with Crippen LogP contribution in [-0.4, -0.2) is 42.5 Å². The Morgan fingerprint density at radius 3 is 2.68 bits per heavy atom. The van der Waals surface area contributed by atoms with Crippen LogP contribution >= 0.6 is 0 Å². The van der Waals surface area contributed by atoms with E-state index in [1.165, 1.54) is 31.0 Å². The summed E-state index contributed by atoms with van der Waals surface area (Å²) in [7, 11) is 2.94. The molecule has 0 fully saturated rings. The van der Waals surface area contributed by atoms with Gasteiger partial charge >= 0.3 is 5.69 Å². The molecule has 8 heteroatoms. The van der Waals surface area contributed by atoms with Crippen LogP contribution in [0, 0.1) is 0 Å². The maximum Gasteiger partial charge on any atom is 0.328 e. The average Bonchev–Trinajstić information content (AvgIpc) is 2.39. The number of aromatic amines is 1. The Morgan fingerprint density at radius 2 is 2.11 bits per heavy atom. The molecule has 1 rings (SSSR count). The zero-order valence-corrected chi connectivity index (χ0v) is 10.8. The third-order valence-corrected chi connectivity index (χ3v) is 2.47. The number of carbonyl (C=O) groups excluding carboxylic acids is 1. The molecule has 0 radical (unpaired) electrons. The summed E-state index contributed by atoms with van der Waals surface area (Å²) in [5.41, 5.74) is -0.999. The smallest absolute Gasteiger partial charge is 0.328 e. The number of ether oxygens (including phenoxy) is 2. The van der Waals surface area contributed by atoms with Crippen molar-refractivity contribution >= 4 is 5.91 Å². The minimum atomic E-state index is -0.535. The van der Waals surface area contributed by atoms with Gasteiger partial charge in [0.05, 0.1) is 6.54 Å². The quantitative estimate of drug-likeness (QED) is 0.598. The van der Waals surface area contributed by atoms with Gasteiger partial charge in [0, 0.05) is 39.4 Å². The Labute approximate surface area is 109 Å². The Kier molecular flexibility index (Phi) is 5.97. The van der Waals surface area contributed by atoms with Gasteiger partial charge in [0.25, 0.3) is 5.56 Å². The molecule has 0 saturated carbocycles. The Hall–Kier alpha value is -1.93. The van der Waals surface area contributed by atoms with Crippen molar-refractivity contribution in [2.45, 2.75) is 19.3 Å². The van der Waals surface area contributed by atoms with E-state index in [1.807, 2.05) is 0 Å². The molecule has 1 heterocycles. The van der Waals surface area contributed by atoms with E-state index < -0.39 is 17.5 Å². The van der Waals surface area contributed by atoms with Crippen LogP contribution in [0.4, 0.5) is 0 Å². The number of hydrogen-bond donors (Lipinski definition) is 2. The van der Waals surface area contributed by atoms with Crippen LogP contribution < -0.4 is 16.6 Å². The summed E-state index contributed by atoms with van der Waals surface area (Å²) >= 11 is 0. The van der Waals surface area contributed by atoms with Crippen molar-refractivity contribution in [1.29, 1.82) is 0 Å². The van der Waals surface area contributed by atoms with E-state index in [-0.39, 0.29) is 25.4 Å². The third kappa shape index (κ3) is 5.06. The highest BCUT2D eigenvalue weighted by Crippen LogP contribution is 1.90. The number of methoxy groups -OCH3 is 2. The number of aryl methyl sites for hydroxylation is 1. The molecule has 0 atom stereocenters. The van der Waals surface area contributed by atoms with Gasteiger partial charge in [-0.3, -0.25) is 14.6 Å². The lowest BCUT2D eigenvalue weighted by atomic mass is 10.4. The topological polar surface area (TPSA) is 102 Å². The standard InChI is InChI=1S/C11H17N3O5/c1-18-10(19-2)7-12-8(15)3-5-14-6-4-9(16)13-11(14)17/h4,6,10H,3,5,7H2,1-2H3,(H,12,15)(H,13,16,17). The molecule has 0 saturated heterocycles. The average molecular weight is 271 g/mol. The first-order valence-corrected chi connectivity index (χ1v) is 5.69. The number of H-pyrrole nitrogens is 1. The van der Waals surface area contributed by atoms with Crippen molar-refractivity contribution < 1.29 is 14.3 Å². The van der Waals surface area contributed by atoms with Crippen molar-refractivity contribution in [3.63, 3.8) is 0 Å². The third-order valence-electron chi connectivity index (χ3n) is 2.47. The summed E-state index contributed by atoms with van der Waals surface area (Å²) in [6.45, 7) is 0.415. The van der Waals surface area contributed by atoms with Crippen LogP contribution in [0.5, 0.6) is 0 Å². The molecular weight excluding hydrogens is 254 g/mol. The fourth-order valence-electron chi connectivity index (χ4n) is 1.39. The van der Waals surface area contributed by atoms with E-state index in [0.29, 0.717) is 0 Å². The van der Waals surface area contributed by atoms with Gasteiger partial charge < -0.3 is 19.4 Å². The van der Waals surface area contributed by atoms with E-state index in [0.717, 1.165) is 0 Å². The molecule has 0 unspecified atom stereocenters. The minimum absolute atomic E-state index is 0.117. The molecule has 0 aliphatic heterocycles. The molecular formula is C11H17N3O5. The van der Waals surface area contributed by atoms with Crippen LogP contribution in [0.15, 0.2) is 21.9 Å². The molecule has 0 aliphatic rings. The van der Waals surface area contributed by atoms with Crippen LogP contribution in [0.1, 0.15) is 6.42 Å². The highest BCUT2D eigenvalue weighted by atomic mass is 16.7. The fraction of sp³-hybridized carbons (Fsp3) is 0.545. The highest BCUT2D eigenvalue weighted by Gasteiger charge is 2.08. The fourth-order valence-corrected chi connectivity index (χ4v) is 1.39. The van der Waals surface area contributed by atoms with E-state index in [1.54, 1.807) is 0 Å². The number of nitrogens with one attached hydrogen (secondary N) is 2. The molecule has 106 valence electrons. The molecule has 19 heavy (non-hydrogen) atoms. The second-order valence-electron chi connectivity index (χ2n) is 3.76. The number of amides is 1. The van der Waals surface area contributed by atoms with Gasteiger partial charge in [0.15, 0.2) is 6.29 Å². The van der Waals surface area contributed by atoms with E-state index in [4.69, 9.17) is 9.47 Å². The minimum Gasteiger partial charge on any atom is -0.354 e.